The summed E-state index contributed by atoms with van der Waals surface area (Å²) >= 11 is 0. The molecule has 4 aromatic heterocycles. The Labute approximate surface area is 177 Å². The lowest BCUT2D eigenvalue weighted by Gasteiger charge is -2.11. The number of hydrogen-bond acceptors (Lipinski definition) is 3. The highest BCUT2D eigenvalue weighted by atomic mass is 15.1. The maximum absolute atomic E-state index is 5.12. The van der Waals surface area contributed by atoms with E-state index in [1.165, 1.54) is 39.1 Å². The molecule has 0 atom stereocenters. The number of pyridine rings is 3. The van der Waals surface area contributed by atoms with Gasteiger partial charge in [0.2, 0.25) is 0 Å². The van der Waals surface area contributed by atoms with Gasteiger partial charge in [-0.25, -0.2) is 9.97 Å². The second-order valence-corrected chi connectivity index (χ2v) is 8.52. The summed E-state index contributed by atoms with van der Waals surface area (Å²) in [5, 5.41) is 2.14. The minimum atomic E-state index is 0.867. The van der Waals surface area contributed by atoms with Crippen molar-refractivity contribution in [3.05, 3.63) is 95.4 Å². The molecule has 2 aromatic carbocycles. The molecule has 0 radical (unpaired) electrons. The molecule has 144 valence electrons. The van der Waals surface area contributed by atoms with E-state index in [1.54, 1.807) is 0 Å². The number of rotatable bonds is 0. The van der Waals surface area contributed by atoms with Gasteiger partial charge < -0.3 is 0 Å². The molecule has 6 aromatic rings. The van der Waals surface area contributed by atoms with Crippen LogP contribution in [0.25, 0.3) is 50.0 Å². The van der Waals surface area contributed by atoms with E-state index in [1.807, 2.05) is 24.5 Å². The van der Waals surface area contributed by atoms with E-state index in [0.29, 0.717) is 0 Å². The van der Waals surface area contributed by atoms with Gasteiger partial charge >= 0.3 is 0 Å². The van der Waals surface area contributed by atoms with Gasteiger partial charge in [-0.15, -0.1) is 0 Å². The van der Waals surface area contributed by atoms with Crippen LogP contribution in [-0.4, -0.2) is 19.4 Å². The van der Waals surface area contributed by atoms with E-state index in [4.69, 9.17) is 9.97 Å². The molecule has 4 heteroatoms. The molecule has 31 heavy (non-hydrogen) atoms. The van der Waals surface area contributed by atoms with Gasteiger partial charge in [0, 0.05) is 35.2 Å². The van der Waals surface area contributed by atoms with Gasteiger partial charge in [0.15, 0.2) is 0 Å². The monoisotopic (exact) mass is 396 g/mol. The number of hydrogen-bond donors (Lipinski definition) is 0. The number of aromatic nitrogens is 4. The summed E-state index contributed by atoms with van der Waals surface area (Å²) in [5.74, 6) is 0. The van der Waals surface area contributed by atoms with E-state index < -0.39 is 0 Å². The Morgan fingerprint density at radius 1 is 0.645 bits per heavy atom. The van der Waals surface area contributed by atoms with Crippen LogP contribution in [0.2, 0.25) is 0 Å². The van der Waals surface area contributed by atoms with Gasteiger partial charge in [0.25, 0.3) is 0 Å². The SMILES string of the molecule is c1ccc2c(c1)Cc1cc3c(cc1-2)-c1c(nc2c4cccnc4c4cccnc4n12)C3. The second-order valence-electron chi connectivity index (χ2n) is 8.52. The Bertz CT molecular complexity index is 1740. The lowest BCUT2D eigenvalue weighted by molar-refractivity contribution is 1.15. The van der Waals surface area contributed by atoms with Crippen molar-refractivity contribution in [1.29, 1.82) is 0 Å². The van der Waals surface area contributed by atoms with E-state index in [9.17, 15) is 0 Å². The number of fused-ring (bicyclic) bond motifs is 13. The third-order valence-corrected chi connectivity index (χ3v) is 6.88. The molecular formula is C27H16N4. The first-order valence-corrected chi connectivity index (χ1v) is 10.6. The maximum atomic E-state index is 5.12. The molecule has 4 nitrogen and oxygen atoms in total. The van der Waals surface area contributed by atoms with Crippen LogP contribution in [0, 0.1) is 0 Å². The first-order valence-electron chi connectivity index (χ1n) is 10.6. The molecule has 0 aliphatic heterocycles. The third kappa shape index (κ3) is 1.88. The van der Waals surface area contributed by atoms with Crippen LogP contribution in [0.5, 0.6) is 0 Å². The highest BCUT2D eigenvalue weighted by Gasteiger charge is 2.30. The summed E-state index contributed by atoms with van der Waals surface area (Å²) < 4.78 is 2.26. The zero-order valence-corrected chi connectivity index (χ0v) is 16.6. The maximum Gasteiger partial charge on any atom is 0.148 e. The van der Waals surface area contributed by atoms with Crippen molar-refractivity contribution >= 4 is 27.6 Å². The molecule has 0 fully saturated rings. The second kappa shape index (κ2) is 5.35. The van der Waals surface area contributed by atoms with Gasteiger partial charge in [0.1, 0.15) is 11.3 Å². The Morgan fingerprint density at radius 3 is 2.39 bits per heavy atom. The molecule has 0 N–H and O–H groups in total. The molecule has 0 amide bonds. The summed E-state index contributed by atoms with van der Waals surface area (Å²) in [6.45, 7) is 0. The highest BCUT2D eigenvalue weighted by molar-refractivity contribution is 6.09. The summed E-state index contributed by atoms with van der Waals surface area (Å²) in [4.78, 5) is 14.6. The normalized spacial score (nSPS) is 13.5. The Morgan fingerprint density at radius 2 is 1.45 bits per heavy atom. The number of benzene rings is 2. The molecule has 2 aliphatic rings. The van der Waals surface area contributed by atoms with Crippen molar-refractivity contribution in [2.45, 2.75) is 12.8 Å². The van der Waals surface area contributed by atoms with Crippen molar-refractivity contribution in [3.63, 3.8) is 0 Å². The first-order chi connectivity index (χ1) is 15.4. The summed E-state index contributed by atoms with van der Waals surface area (Å²) in [6, 6.07) is 21.7. The zero-order valence-electron chi connectivity index (χ0n) is 16.6. The predicted molar refractivity (Wildman–Crippen MR) is 122 cm³/mol. The molecule has 0 saturated carbocycles. The highest BCUT2D eigenvalue weighted by Crippen LogP contribution is 2.46. The quantitative estimate of drug-likeness (QED) is 0.315. The smallest absolute Gasteiger partial charge is 0.148 e. The van der Waals surface area contributed by atoms with Crippen LogP contribution in [-0.2, 0) is 12.8 Å². The Hall–Kier alpha value is -4.05. The lowest BCUT2D eigenvalue weighted by atomic mass is 9.99. The summed E-state index contributed by atoms with van der Waals surface area (Å²) in [5.41, 5.74) is 13.4. The lowest BCUT2D eigenvalue weighted by Crippen LogP contribution is -1.97. The van der Waals surface area contributed by atoms with Gasteiger partial charge in [-0.2, -0.15) is 0 Å². The fraction of sp³-hybridized carbons (Fsp3) is 0.0741. The van der Waals surface area contributed by atoms with Gasteiger partial charge in [-0.05, 0) is 64.6 Å². The van der Waals surface area contributed by atoms with Crippen LogP contribution >= 0.6 is 0 Å². The van der Waals surface area contributed by atoms with Crippen molar-refractivity contribution in [3.8, 4) is 22.4 Å². The number of imidazole rings is 1. The van der Waals surface area contributed by atoms with Crippen LogP contribution in [0.15, 0.2) is 73.1 Å². The molecule has 2 aliphatic carbocycles. The number of nitrogens with zero attached hydrogens (tertiary/aromatic N) is 4. The van der Waals surface area contributed by atoms with Crippen molar-refractivity contribution in [2.75, 3.05) is 0 Å². The molecule has 4 heterocycles. The molecule has 0 unspecified atom stereocenters. The fourth-order valence-electron chi connectivity index (χ4n) is 5.59. The van der Waals surface area contributed by atoms with E-state index in [-0.39, 0.29) is 0 Å². The molecule has 0 saturated heterocycles. The van der Waals surface area contributed by atoms with Gasteiger partial charge in [0.05, 0.1) is 16.9 Å². The third-order valence-electron chi connectivity index (χ3n) is 6.88. The molecule has 8 rings (SSSR count). The van der Waals surface area contributed by atoms with E-state index in [2.05, 4.69) is 57.9 Å². The van der Waals surface area contributed by atoms with Crippen LogP contribution in [0.3, 0.4) is 0 Å². The van der Waals surface area contributed by atoms with E-state index in [0.717, 1.165) is 46.1 Å². The minimum absolute atomic E-state index is 0.867. The van der Waals surface area contributed by atoms with Crippen LogP contribution < -0.4 is 0 Å². The van der Waals surface area contributed by atoms with Crippen LogP contribution in [0.4, 0.5) is 0 Å². The minimum Gasteiger partial charge on any atom is -0.275 e. The van der Waals surface area contributed by atoms with Gasteiger partial charge in [-0.3, -0.25) is 9.38 Å². The first kappa shape index (κ1) is 15.7. The Balaban J connectivity index is 1.52. The standard InChI is InChI=1S/C27H16N4/c1-2-6-18-15(5-1)11-16-12-17-13-23-25(22(17)14-21(16)18)31-26-19(7-4-10-29-26)24-20(27(31)30-23)8-3-9-28-24/h1-10,12,14H,11,13H2. The zero-order chi connectivity index (χ0) is 20.1. The average Bonchev–Trinajstić information content (AvgIpc) is 3.47. The fourth-order valence-corrected chi connectivity index (χ4v) is 5.59. The summed E-state index contributed by atoms with van der Waals surface area (Å²) in [6.07, 6.45) is 5.59. The van der Waals surface area contributed by atoms with E-state index >= 15 is 0 Å². The topological polar surface area (TPSA) is 43.1 Å². The molecule has 0 spiro atoms. The summed E-state index contributed by atoms with van der Waals surface area (Å²) in [7, 11) is 0. The average molecular weight is 396 g/mol. The predicted octanol–water partition coefficient (Wildman–Crippen LogP) is 5.57. The van der Waals surface area contributed by atoms with Crippen molar-refractivity contribution in [2.24, 2.45) is 0 Å². The Kier molecular flexibility index (Phi) is 2.72. The molecular weight excluding hydrogens is 380 g/mol. The van der Waals surface area contributed by atoms with Crippen molar-refractivity contribution < 1.29 is 0 Å². The largest absolute Gasteiger partial charge is 0.275 e. The van der Waals surface area contributed by atoms with Gasteiger partial charge in [-0.1, -0.05) is 30.3 Å². The molecule has 0 bridgehead atoms. The van der Waals surface area contributed by atoms with Crippen LogP contribution in [0.1, 0.15) is 22.4 Å². The van der Waals surface area contributed by atoms with Crippen molar-refractivity contribution in [1.82, 2.24) is 19.4 Å².